The fourth-order valence-corrected chi connectivity index (χ4v) is 2.08. The van der Waals surface area contributed by atoms with Crippen molar-refractivity contribution < 1.29 is 8.42 Å². The molecule has 0 atom stereocenters. The highest BCUT2D eigenvalue weighted by atomic mass is 32.2. The van der Waals surface area contributed by atoms with Gasteiger partial charge in [-0.2, -0.15) is 12.7 Å². The molecule has 1 aromatic rings. The lowest BCUT2D eigenvalue weighted by Gasteiger charge is -2.12. The number of hydrogen-bond donors (Lipinski definition) is 0. The SMILES string of the molecule is CCc1cn(S(=O)(=O)N(C)C)c(C)n1. The van der Waals surface area contributed by atoms with Gasteiger partial charge in [0.15, 0.2) is 0 Å². The van der Waals surface area contributed by atoms with E-state index in [2.05, 4.69) is 4.98 Å². The van der Waals surface area contributed by atoms with E-state index in [0.29, 0.717) is 5.82 Å². The van der Waals surface area contributed by atoms with Crippen LogP contribution in [0.2, 0.25) is 0 Å². The minimum atomic E-state index is -3.41. The van der Waals surface area contributed by atoms with E-state index in [9.17, 15) is 8.42 Å². The van der Waals surface area contributed by atoms with Gasteiger partial charge < -0.3 is 0 Å². The van der Waals surface area contributed by atoms with Crippen LogP contribution < -0.4 is 0 Å². The molecular weight excluding hydrogens is 202 g/mol. The van der Waals surface area contributed by atoms with Gasteiger partial charge in [-0.05, 0) is 13.3 Å². The maximum absolute atomic E-state index is 11.7. The summed E-state index contributed by atoms with van der Waals surface area (Å²) in [6, 6.07) is 0. The summed E-state index contributed by atoms with van der Waals surface area (Å²) < 4.78 is 25.8. The van der Waals surface area contributed by atoms with Crippen LogP contribution >= 0.6 is 0 Å². The first-order valence-electron chi connectivity index (χ1n) is 4.37. The van der Waals surface area contributed by atoms with Crippen molar-refractivity contribution in [2.24, 2.45) is 0 Å². The van der Waals surface area contributed by atoms with Crippen LogP contribution in [0.4, 0.5) is 0 Å². The second-order valence-corrected chi connectivity index (χ2v) is 5.24. The van der Waals surface area contributed by atoms with E-state index in [4.69, 9.17) is 0 Å². The molecule has 0 spiro atoms. The Balaban J connectivity index is 3.26. The molecule has 0 aliphatic heterocycles. The Morgan fingerprint density at radius 2 is 2.07 bits per heavy atom. The van der Waals surface area contributed by atoms with Gasteiger partial charge in [0.2, 0.25) is 0 Å². The summed E-state index contributed by atoms with van der Waals surface area (Å²) in [6.45, 7) is 3.62. The van der Waals surface area contributed by atoms with E-state index >= 15 is 0 Å². The molecule has 14 heavy (non-hydrogen) atoms. The third-order valence-electron chi connectivity index (χ3n) is 1.96. The Bertz CT molecular complexity index is 420. The van der Waals surface area contributed by atoms with Crippen LogP contribution in [0.15, 0.2) is 6.20 Å². The van der Waals surface area contributed by atoms with Gasteiger partial charge in [0.1, 0.15) is 5.82 Å². The third kappa shape index (κ3) is 1.80. The second kappa shape index (κ2) is 3.70. The molecule has 0 amide bonds. The summed E-state index contributed by atoms with van der Waals surface area (Å²) >= 11 is 0. The standard InChI is InChI=1S/C8H15N3O2S/c1-5-8-6-11(7(2)9-8)14(12,13)10(3)4/h6H,5H2,1-4H3. The smallest absolute Gasteiger partial charge is 0.237 e. The van der Waals surface area contributed by atoms with Crippen molar-refractivity contribution in [3.05, 3.63) is 17.7 Å². The molecular formula is C8H15N3O2S. The average Bonchev–Trinajstić information content (AvgIpc) is 2.47. The summed E-state index contributed by atoms with van der Waals surface area (Å²) in [5.74, 6) is 0.496. The highest BCUT2D eigenvalue weighted by Crippen LogP contribution is 2.08. The molecule has 0 fully saturated rings. The zero-order valence-electron chi connectivity index (χ0n) is 8.85. The number of rotatable bonds is 3. The Labute approximate surface area is 84.6 Å². The summed E-state index contributed by atoms with van der Waals surface area (Å²) in [5, 5.41) is 0. The van der Waals surface area contributed by atoms with Gasteiger partial charge in [0.25, 0.3) is 0 Å². The van der Waals surface area contributed by atoms with Gasteiger partial charge in [-0.3, -0.25) is 0 Å². The lowest BCUT2D eigenvalue weighted by Crippen LogP contribution is -2.29. The number of aryl methyl sites for hydroxylation is 2. The molecule has 1 heterocycles. The van der Waals surface area contributed by atoms with E-state index < -0.39 is 10.2 Å². The first kappa shape index (κ1) is 11.2. The Hall–Kier alpha value is -0.880. The molecule has 0 saturated carbocycles. The molecule has 5 nitrogen and oxygen atoms in total. The van der Waals surface area contributed by atoms with Crippen LogP contribution in [-0.4, -0.2) is 35.8 Å². The zero-order valence-corrected chi connectivity index (χ0v) is 9.67. The average molecular weight is 217 g/mol. The molecule has 1 aromatic heterocycles. The number of aromatic nitrogens is 2. The van der Waals surface area contributed by atoms with Crippen LogP contribution in [0.25, 0.3) is 0 Å². The van der Waals surface area contributed by atoms with Gasteiger partial charge in [0.05, 0.1) is 5.69 Å². The molecule has 0 N–H and O–H groups in total. The first-order valence-corrected chi connectivity index (χ1v) is 5.77. The Morgan fingerprint density at radius 3 is 2.43 bits per heavy atom. The van der Waals surface area contributed by atoms with Crippen molar-refractivity contribution in [1.29, 1.82) is 0 Å². The van der Waals surface area contributed by atoms with Gasteiger partial charge in [-0.25, -0.2) is 8.96 Å². The summed E-state index contributed by atoms with van der Waals surface area (Å²) in [6.07, 6.45) is 2.29. The predicted octanol–water partition coefficient (Wildman–Crippen LogP) is 0.408. The molecule has 1 rings (SSSR count). The number of imidazole rings is 1. The molecule has 0 aliphatic rings. The highest BCUT2D eigenvalue weighted by molar-refractivity contribution is 7.87. The summed E-state index contributed by atoms with van der Waals surface area (Å²) in [4.78, 5) is 4.13. The van der Waals surface area contributed by atoms with Crippen LogP contribution in [0, 0.1) is 6.92 Å². The van der Waals surface area contributed by atoms with Crippen LogP contribution in [0.3, 0.4) is 0 Å². The largest absolute Gasteiger partial charge is 0.308 e. The predicted molar refractivity (Wildman–Crippen MR) is 54.3 cm³/mol. The molecule has 0 aliphatic carbocycles. The van der Waals surface area contributed by atoms with Crippen LogP contribution in [0.1, 0.15) is 18.4 Å². The lowest BCUT2D eigenvalue weighted by atomic mass is 10.4. The fraction of sp³-hybridized carbons (Fsp3) is 0.625. The van der Waals surface area contributed by atoms with Gasteiger partial charge in [-0.15, -0.1) is 0 Å². The van der Waals surface area contributed by atoms with Crippen molar-refractivity contribution >= 4 is 10.2 Å². The van der Waals surface area contributed by atoms with Crippen LogP contribution in [0.5, 0.6) is 0 Å². The van der Waals surface area contributed by atoms with E-state index in [1.807, 2.05) is 6.92 Å². The van der Waals surface area contributed by atoms with E-state index in [1.54, 1.807) is 13.1 Å². The van der Waals surface area contributed by atoms with Crippen molar-refractivity contribution in [2.45, 2.75) is 20.3 Å². The van der Waals surface area contributed by atoms with Crippen molar-refractivity contribution in [3.63, 3.8) is 0 Å². The van der Waals surface area contributed by atoms with Crippen molar-refractivity contribution in [3.8, 4) is 0 Å². The Morgan fingerprint density at radius 1 is 1.50 bits per heavy atom. The first-order chi connectivity index (χ1) is 6.39. The molecule has 0 radical (unpaired) electrons. The minimum absolute atomic E-state index is 0.496. The second-order valence-electron chi connectivity index (χ2n) is 3.22. The number of nitrogens with zero attached hydrogens (tertiary/aromatic N) is 3. The zero-order chi connectivity index (χ0) is 10.9. The van der Waals surface area contributed by atoms with Crippen LogP contribution in [-0.2, 0) is 16.6 Å². The van der Waals surface area contributed by atoms with E-state index in [0.717, 1.165) is 12.1 Å². The number of hydrogen-bond acceptors (Lipinski definition) is 3. The highest BCUT2D eigenvalue weighted by Gasteiger charge is 2.19. The van der Waals surface area contributed by atoms with Crippen molar-refractivity contribution in [1.82, 2.24) is 13.3 Å². The molecule has 0 aromatic carbocycles. The summed E-state index contributed by atoms with van der Waals surface area (Å²) in [7, 11) is -0.409. The van der Waals surface area contributed by atoms with Gasteiger partial charge >= 0.3 is 10.2 Å². The third-order valence-corrected chi connectivity index (χ3v) is 3.75. The molecule has 0 bridgehead atoms. The minimum Gasteiger partial charge on any atom is -0.237 e. The fourth-order valence-electron chi connectivity index (χ4n) is 1.09. The normalized spacial score (nSPS) is 12.4. The quantitative estimate of drug-likeness (QED) is 0.736. The van der Waals surface area contributed by atoms with Crippen molar-refractivity contribution in [2.75, 3.05) is 14.1 Å². The summed E-state index contributed by atoms with van der Waals surface area (Å²) in [5.41, 5.74) is 0.785. The molecule has 0 saturated heterocycles. The molecule has 0 unspecified atom stereocenters. The Kier molecular flexibility index (Phi) is 2.96. The molecule has 80 valence electrons. The van der Waals surface area contributed by atoms with E-state index in [-0.39, 0.29) is 0 Å². The monoisotopic (exact) mass is 217 g/mol. The maximum Gasteiger partial charge on any atom is 0.308 e. The van der Waals surface area contributed by atoms with Gasteiger partial charge in [0, 0.05) is 20.3 Å². The maximum atomic E-state index is 11.7. The van der Waals surface area contributed by atoms with E-state index in [1.165, 1.54) is 22.4 Å². The molecule has 6 heteroatoms. The topological polar surface area (TPSA) is 55.2 Å². The lowest BCUT2D eigenvalue weighted by molar-refractivity contribution is 0.509. The van der Waals surface area contributed by atoms with Gasteiger partial charge in [-0.1, -0.05) is 6.92 Å².